The van der Waals surface area contributed by atoms with Crippen LogP contribution >= 0.6 is 12.2 Å². The lowest BCUT2D eigenvalue weighted by Crippen LogP contribution is -2.23. The molecule has 0 unspecified atom stereocenters. The van der Waals surface area contributed by atoms with Gasteiger partial charge in [-0.15, -0.1) is 5.10 Å². The topological polar surface area (TPSA) is 81.5 Å². The van der Waals surface area contributed by atoms with Crippen LogP contribution in [0.15, 0.2) is 33.1 Å². The lowest BCUT2D eigenvalue weighted by atomic mass is 10.1. The number of aromatic nitrogens is 2. The minimum absolute atomic E-state index is 0.0823. The van der Waals surface area contributed by atoms with Gasteiger partial charge in [-0.05, 0) is 31.8 Å². The van der Waals surface area contributed by atoms with Crippen LogP contribution in [0.1, 0.15) is 36.5 Å². The molecular formula is C19H23N3O4S2. The summed E-state index contributed by atoms with van der Waals surface area (Å²) < 4.78 is 36.6. The minimum Gasteiger partial charge on any atom is -0.461 e. The Morgan fingerprint density at radius 3 is 2.82 bits per heavy atom. The largest absolute Gasteiger partial charge is 0.461 e. The fourth-order valence-electron chi connectivity index (χ4n) is 3.72. The highest BCUT2D eigenvalue weighted by molar-refractivity contribution is 7.91. The molecule has 1 fully saturated rings. The van der Waals surface area contributed by atoms with E-state index in [4.69, 9.17) is 21.1 Å². The molecule has 4 rings (SSSR count). The molecule has 2 aromatic heterocycles. The number of hydrogen-bond donors (Lipinski definition) is 0. The van der Waals surface area contributed by atoms with E-state index in [9.17, 15) is 8.42 Å². The number of sulfone groups is 1. The quantitative estimate of drug-likeness (QED) is 0.563. The number of para-hydroxylation sites is 1. The molecule has 150 valence electrons. The Morgan fingerprint density at radius 2 is 2.11 bits per heavy atom. The Hall–Kier alpha value is -1.97. The second-order valence-corrected chi connectivity index (χ2v) is 9.89. The monoisotopic (exact) mass is 421 g/mol. The van der Waals surface area contributed by atoms with Crippen molar-refractivity contribution >= 4 is 33.0 Å². The van der Waals surface area contributed by atoms with Gasteiger partial charge in [-0.3, -0.25) is 4.90 Å². The highest BCUT2D eigenvalue weighted by Gasteiger charge is 2.32. The summed E-state index contributed by atoms with van der Waals surface area (Å²) in [5.74, 6) is 1.46. The van der Waals surface area contributed by atoms with Crippen LogP contribution in [0.2, 0.25) is 0 Å². The number of fused-ring (bicyclic) bond motifs is 1. The maximum absolute atomic E-state index is 11.7. The number of rotatable bonds is 6. The predicted octanol–water partition coefficient (Wildman–Crippen LogP) is 3.51. The van der Waals surface area contributed by atoms with Crippen molar-refractivity contribution in [3.63, 3.8) is 0 Å². The van der Waals surface area contributed by atoms with Crippen molar-refractivity contribution in [1.82, 2.24) is 14.7 Å². The zero-order valence-electron chi connectivity index (χ0n) is 15.9. The Bertz CT molecular complexity index is 1160. The van der Waals surface area contributed by atoms with E-state index in [0.29, 0.717) is 25.5 Å². The first-order valence-corrected chi connectivity index (χ1v) is 11.6. The maximum Gasteiger partial charge on any atom is 0.288 e. The Balaban J connectivity index is 1.52. The van der Waals surface area contributed by atoms with Crippen molar-refractivity contribution in [3.8, 4) is 0 Å². The van der Waals surface area contributed by atoms with Gasteiger partial charge in [-0.1, -0.05) is 25.1 Å². The Labute approximate surface area is 168 Å². The van der Waals surface area contributed by atoms with Gasteiger partial charge in [0.25, 0.3) is 4.84 Å². The SMILES string of the molecule is CCc1oc2ccccc2c1CN(C)Cn1nc([C@H]2CCS(=O)(=O)C2)oc1=S. The van der Waals surface area contributed by atoms with Crippen molar-refractivity contribution in [3.05, 3.63) is 46.3 Å². The lowest BCUT2D eigenvalue weighted by molar-refractivity contribution is 0.239. The van der Waals surface area contributed by atoms with Crippen molar-refractivity contribution in [2.24, 2.45) is 0 Å². The Morgan fingerprint density at radius 1 is 1.32 bits per heavy atom. The van der Waals surface area contributed by atoms with Crippen LogP contribution in [0, 0.1) is 4.84 Å². The van der Waals surface area contributed by atoms with Crippen LogP contribution in [0.3, 0.4) is 0 Å². The zero-order chi connectivity index (χ0) is 19.9. The first-order valence-electron chi connectivity index (χ1n) is 9.32. The number of furan rings is 1. The molecule has 0 amide bonds. The van der Waals surface area contributed by atoms with E-state index in [1.807, 2.05) is 25.2 Å². The first kappa shape index (κ1) is 19.4. The summed E-state index contributed by atoms with van der Waals surface area (Å²) in [6.07, 6.45) is 1.36. The average Bonchev–Trinajstić information content (AvgIpc) is 3.31. The standard InChI is InChI=1S/C19H23N3O4S2/c1-3-16-15(14-6-4-5-7-17(14)25-16)10-21(2)12-22-19(27)26-18(20-22)13-8-9-28(23,24)11-13/h4-7,13H,3,8-12H2,1-2H3/t13-/m0/s1. The summed E-state index contributed by atoms with van der Waals surface area (Å²) in [5.41, 5.74) is 2.06. The number of benzene rings is 1. The third-order valence-corrected chi connectivity index (χ3v) is 7.17. The molecule has 1 aromatic carbocycles. The molecule has 0 N–H and O–H groups in total. The Kier molecular flexibility index (Phi) is 5.15. The second kappa shape index (κ2) is 7.46. The molecule has 0 bridgehead atoms. The number of nitrogens with zero attached hydrogens (tertiary/aromatic N) is 3. The van der Waals surface area contributed by atoms with Gasteiger partial charge in [0.1, 0.15) is 11.3 Å². The third-order valence-electron chi connectivity index (χ3n) is 5.11. The van der Waals surface area contributed by atoms with Gasteiger partial charge in [-0.2, -0.15) is 0 Å². The number of aryl methyl sites for hydroxylation is 1. The summed E-state index contributed by atoms with van der Waals surface area (Å²) in [7, 11) is -1.01. The molecule has 0 saturated carbocycles. The van der Waals surface area contributed by atoms with E-state index in [1.54, 1.807) is 4.68 Å². The summed E-state index contributed by atoms with van der Waals surface area (Å²) in [6, 6.07) is 8.03. The van der Waals surface area contributed by atoms with Crippen LogP contribution in [0.4, 0.5) is 0 Å². The first-order chi connectivity index (χ1) is 13.4. The molecule has 1 atom stereocenters. The van der Waals surface area contributed by atoms with E-state index in [2.05, 4.69) is 23.0 Å². The van der Waals surface area contributed by atoms with Crippen LogP contribution in [0.5, 0.6) is 0 Å². The van der Waals surface area contributed by atoms with E-state index in [-0.39, 0.29) is 22.3 Å². The zero-order valence-corrected chi connectivity index (χ0v) is 17.6. The third kappa shape index (κ3) is 3.78. The molecule has 1 aliphatic rings. The van der Waals surface area contributed by atoms with Gasteiger partial charge in [0, 0.05) is 23.9 Å². The van der Waals surface area contributed by atoms with Gasteiger partial charge >= 0.3 is 0 Å². The molecule has 7 nitrogen and oxygen atoms in total. The minimum atomic E-state index is -3.00. The van der Waals surface area contributed by atoms with Crippen LogP contribution in [-0.4, -0.2) is 41.7 Å². The molecule has 9 heteroatoms. The molecule has 3 heterocycles. The van der Waals surface area contributed by atoms with Gasteiger partial charge < -0.3 is 8.83 Å². The average molecular weight is 422 g/mol. The molecule has 3 aromatic rings. The fraction of sp³-hybridized carbons (Fsp3) is 0.474. The lowest BCUT2D eigenvalue weighted by Gasteiger charge is -2.16. The maximum atomic E-state index is 11.7. The van der Waals surface area contributed by atoms with Gasteiger partial charge in [0.2, 0.25) is 5.89 Å². The molecule has 0 aliphatic carbocycles. The molecule has 0 spiro atoms. The summed E-state index contributed by atoms with van der Waals surface area (Å²) in [5, 5.41) is 5.57. The van der Waals surface area contributed by atoms with E-state index in [0.717, 1.165) is 28.7 Å². The smallest absolute Gasteiger partial charge is 0.288 e. The normalized spacial score (nSPS) is 19.0. The summed E-state index contributed by atoms with van der Waals surface area (Å²) >= 11 is 5.30. The van der Waals surface area contributed by atoms with E-state index >= 15 is 0 Å². The van der Waals surface area contributed by atoms with Crippen LogP contribution in [-0.2, 0) is 29.5 Å². The highest BCUT2D eigenvalue weighted by Crippen LogP contribution is 2.29. The van der Waals surface area contributed by atoms with Crippen LogP contribution < -0.4 is 0 Å². The van der Waals surface area contributed by atoms with Crippen molar-refractivity contribution in [2.75, 3.05) is 18.6 Å². The molecular weight excluding hydrogens is 398 g/mol. The van der Waals surface area contributed by atoms with Crippen molar-refractivity contribution in [1.29, 1.82) is 0 Å². The molecule has 28 heavy (non-hydrogen) atoms. The highest BCUT2D eigenvalue weighted by atomic mass is 32.2. The number of hydrogen-bond acceptors (Lipinski definition) is 7. The summed E-state index contributed by atoms with van der Waals surface area (Å²) in [4.78, 5) is 2.35. The van der Waals surface area contributed by atoms with Crippen LogP contribution in [0.25, 0.3) is 11.0 Å². The fourth-order valence-corrected chi connectivity index (χ4v) is 5.64. The van der Waals surface area contributed by atoms with E-state index < -0.39 is 9.84 Å². The van der Waals surface area contributed by atoms with Gasteiger partial charge in [0.15, 0.2) is 9.84 Å². The molecule has 1 aliphatic heterocycles. The second-order valence-electron chi connectivity index (χ2n) is 7.31. The predicted molar refractivity (Wildman–Crippen MR) is 108 cm³/mol. The van der Waals surface area contributed by atoms with Crippen molar-refractivity contribution in [2.45, 2.75) is 38.9 Å². The molecule has 1 saturated heterocycles. The molecule has 0 radical (unpaired) electrons. The summed E-state index contributed by atoms with van der Waals surface area (Å²) in [6.45, 7) is 3.21. The van der Waals surface area contributed by atoms with Crippen molar-refractivity contribution < 1.29 is 17.3 Å². The van der Waals surface area contributed by atoms with E-state index in [1.165, 1.54) is 0 Å². The van der Waals surface area contributed by atoms with Gasteiger partial charge in [0.05, 0.1) is 24.1 Å². The van der Waals surface area contributed by atoms with Gasteiger partial charge in [-0.25, -0.2) is 13.1 Å².